The van der Waals surface area contributed by atoms with Crippen molar-refractivity contribution in [2.24, 2.45) is 0 Å². The summed E-state index contributed by atoms with van der Waals surface area (Å²) in [4.78, 5) is 20.8. The quantitative estimate of drug-likeness (QED) is 0.694. The molecule has 30 heavy (non-hydrogen) atoms. The fraction of sp³-hybridized carbons (Fsp3) is 0.318. The lowest BCUT2D eigenvalue weighted by atomic mass is 10.1. The number of carbonyl (C=O) groups is 1. The molecular formula is C22H24FN5O2. The number of anilines is 1. The molecule has 1 fully saturated rings. The van der Waals surface area contributed by atoms with Gasteiger partial charge in [-0.3, -0.25) is 4.90 Å². The summed E-state index contributed by atoms with van der Waals surface area (Å²) in [5.41, 5.74) is 2.60. The van der Waals surface area contributed by atoms with Crippen molar-refractivity contribution in [1.29, 1.82) is 0 Å². The number of nitrogens with one attached hydrogen (secondary N) is 1. The van der Waals surface area contributed by atoms with E-state index in [0.29, 0.717) is 50.0 Å². The van der Waals surface area contributed by atoms with Crippen molar-refractivity contribution in [3.63, 3.8) is 0 Å². The molecule has 0 bridgehead atoms. The minimum absolute atomic E-state index is 0.0909. The Morgan fingerprint density at radius 3 is 2.60 bits per heavy atom. The van der Waals surface area contributed by atoms with Crippen LogP contribution in [0.15, 0.2) is 53.1 Å². The fourth-order valence-electron chi connectivity index (χ4n) is 3.39. The number of aryl methyl sites for hydroxylation is 1. The Bertz CT molecular complexity index is 997. The van der Waals surface area contributed by atoms with E-state index < -0.39 is 0 Å². The van der Waals surface area contributed by atoms with Crippen LogP contribution in [-0.2, 0) is 13.0 Å². The van der Waals surface area contributed by atoms with Gasteiger partial charge in [0.05, 0.1) is 6.54 Å². The third-order valence-corrected chi connectivity index (χ3v) is 5.18. The van der Waals surface area contributed by atoms with Crippen molar-refractivity contribution < 1.29 is 13.7 Å². The van der Waals surface area contributed by atoms with Crippen LogP contribution < -0.4 is 5.32 Å². The summed E-state index contributed by atoms with van der Waals surface area (Å²) >= 11 is 0. The van der Waals surface area contributed by atoms with Crippen LogP contribution in [0.1, 0.15) is 18.3 Å². The molecule has 4 rings (SSSR count). The fourth-order valence-corrected chi connectivity index (χ4v) is 3.39. The molecule has 2 amide bonds. The molecule has 2 aromatic carbocycles. The van der Waals surface area contributed by atoms with Gasteiger partial charge in [-0.05, 0) is 42.3 Å². The molecule has 0 atom stereocenters. The molecule has 156 valence electrons. The van der Waals surface area contributed by atoms with Crippen LogP contribution in [0.4, 0.5) is 14.9 Å². The molecule has 0 radical (unpaired) electrons. The first kappa shape index (κ1) is 20.0. The Labute approximate surface area is 174 Å². The second-order valence-corrected chi connectivity index (χ2v) is 7.27. The Hall–Kier alpha value is -3.26. The summed E-state index contributed by atoms with van der Waals surface area (Å²) in [5, 5.41) is 6.95. The molecule has 1 aromatic heterocycles. The Balaban J connectivity index is 1.28. The van der Waals surface area contributed by atoms with Crippen LogP contribution >= 0.6 is 0 Å². The number of rotatable bonds is 5. The number of carbonyl (C=O) groups excluding carboxylic acids is 1. The number of amides is 2. The molecular weight excluding hydrogens is 385 g/mol. The number of aromatic nitrogens is 2. The van der Waals surface area contributed by atoms with Crippen LogP contribution in [0.2, 0.25) is 0 Å². The molecule has 1 aliphatic heterocycles. The highest BCUT2D eigenvalue weighted by Gasteiger charge is 2.22. The van der Waals surface area contributed by atoms with Crippen LogP contribution in [0, 0.1) is 5.82 Å². The van der Waals surface area contributed by atoms with E-state index in [1.807, 2.05) is 24.3 Å². The van der Waals surface area contributed by atoms with E-state index >= 15 is 0 Å². The molecule has 1 aliphatic rings. The normalized spacial score (nSPS) is 14.7. The summed E-state index contributed by atoms with van der Waals surface area (Å²) in [6.45, 7) is 5.29. The first-order valence-corrected chi connectivity index (χ1v) is 10.1. The summed E-state index contributed by atoms with van der Waals surface area (Å²) in [6, 6.07) is 13.9. The van der Waals surface area contributed by atoms with Gasteiger partial charge in [0.15, 0.2) is 5.82 Å². The number of halogens is 1. The van der Waals surface area contributed by atoms with Crippen LogP contribution in [0.25, 0.3) is 11.5 Å². The molecule has 1 N–H and O–H groups in total. The second-order valence-electron chi connectivity index (χ2n) is 7.27. The van der Waals surface area contributed by atoms with Crippen LogP contribution in [0.5, 0.6) is 0 Å². The van der Waals surface area contributed by atoms with Gasteiger partial charge in [0.1, 0.15) is 5.82 Å². The van der Waals surface area contributed by atoms with Gasteiger partial charge >= 0.3 is 6.03 Å². The maximum atomic E-state index is 13.4. The zero-order valence-electron chi connectivity index (χ0n) is 16.8. The van der Waals surface area contributed by atoms with E-state index in [9.17, 15) is 9.18 Å². The lowest BCUT2D eigenvalue weighted by Crippen LogP contribution is -2.49. The van der Waals surface area contributed by atoms with Crippen molar-refractivity contribution in [1.82, 2.24) is 19.9 Å². The second kappa shape index (κ2) is 9.04. The number of urea groups is 1. The van der Waals surface area contributed by atoms with Gasteiger partial charge in [0.2, 0.25) is 0 Å². The number of benzene rings is 2. The average Bonchev–Trinajstić information content (AvgIpc) is 3.23. The van der Waals surface area contributed by atoms with Gasteiger partial charge in [-0.25, -0.2) is 9.18 Å². The van der Waals surface area contributed by atoms with Crippen LogP contribution in [-0.4, -0.2) is 52.2 Å². The summed E-state index contributed by atoms with van der Waals surface area (Å²) in [6.07, 6.45) is 0.973. The third-order valence-electron chi connectivity index (χ3n) is 5.18. The largest absolute Gasteiger partial charge is 0.334 e. The lowest BCUT2D eigenvalue weighted by molar-refractivity contribution is 0.140. The molecule has 8 heteroatoms. The maximum absolute atomic E-state index is 13.4. The van der Waals surface area contributed by atoms with Gasteiger partial charge in [0.25, 0.3) is 5.89 Å². The topological polar surface area (TPSA) is 74.5 Å². The highest BCUT2D eigenvalue weighted by Crippen LogP contribution is 2.19. The predicted octanol–water partition coefficient (Wildman–Crippen LogP) is 3.79. The van der Waals surface area contributed by atoms with E-state index in [4.69, 9.17) is 4.52 Å². The van der Waals surface area contributed by atoms with E-state index in [-0.39, 0.29) is 11.8 Å². The summed E-state index contributed by atoms with van der Waals surface area (Å²) in [5.74, 6) is 0.503. The van der Waals surface area contributed by atoms with Crippen molar-refractivity contribution in [2.45, 2.75) is 19.9 Å². The van der Waals surface area contributed by atoms with Crippen LogP contribution in [0.3, 0.4) is 0 Å². The maximum Gasteiger partial charge on any atom is 0.321 e. The number of piperazine rings is 1. The summed E-state index contributed by atoms with van der Waals surface area (Å²) in [7, 11) is 0. The van der Waals surface area contributed by atoms with Crippen molar-refractivity contribution in [3.05, 3.63) is 65.7 Å². The zero-order valence-corrected chi connectivity index (χ0v) is 16.8. The molecule has 0 saturated carbocycles. The van der Waals surface area contributed by atoms with Gasteiger partial charge < -0.3 is 14.7 Å². The molecule has 1 saturated heterocycles. The van der Waals surface area contributed by atoms with Gasteiger partial charge in [0, 0.05) is 37.4 Å². The molecule has 0 spiro atoms. The molecule has 7 nitrogen and oxygen atoms in total. The SMILES string of the molecule is CCc1ccc(NC(=O)N2CCN(Cc3noc(-c4cccc(F)c4)n3)CC2)cc1. The first-order chi connectivity index (χ1) is 14.6. The molecule has 0 unspecified atom stereocenters. The highest BCUT2D eigenvalue weighted by molar-refractivity contribution is 5.89. The monoisotopic (exact) mass is 409 g/mol. The molecule has 0 aliphatic carbocycles. The predicted molar refractivity (Wildman–Crippen MR) is 111 cm³/mol. The summed E-state index contributed by atoms with van der Waals surface area (Å²) < 4.78 is 18.6. The lowest BCUT2D eigenvalue weighted by Gasteiger charge is -2.34. The zero-order chi connectivity index (χ0) is 20.9. The number of hydrogen-bond acceptors (Lipinski definition) is 5. The van der Waals surface area contributed by atoms with E-state index in [1.54, 1.807) is 17.0 Å². The Kier molecular flexibility index (Phi) is 6.04. The molecule has 3 aromatic rings. The number of nitrogens with zero attached hydrogens (tertiary/aromatic N) is 4. The van der Waals surface area contributed by atoms with Crippen molar-refractivity contribution in [2.75, 3.05) is 31.5 Å². The van der Waals surface area contributed by atoms with E-state index in [0.717, 1.165) is 12.1 Å². The van der Waals surface area contributed by atoms with Gasteiger partial charge in [-0.1, -0.05) is 30.3 Å². The van der Waals surface area contributed by atoms with E-state index in [1.165, 1.54) is 17.7 Å². The minimum atomic E-state index is -0.344. The molecule has 2 heterocycles. The standard InChI is InChI=1S/C22H24FN5O2/c1-2-16-6-8-19(9-7-16)24-22(29)28-12-10-27(11-13-28)15-20-25-21(30-26-20)17-4-3-5-18(23)14-17/h3-9,14H,2,10-13,15H2,1H3,(H,24,29). The van der Waals surface area contributed by atoms with Crippen molar-refractivity contribution in [3.8, 4) is 11.5 Å². The highest BCUT2D eigenvalue weighted by atomic mass is 19.1. The minimum Gasteiger partial charge on any atom is -0.334 e. The van der Waals surface area contributed by atoms with Gasteiger partial charge in [-0.2, -0.15) is 4.98 Å². The van der Waals surface area contributed by atoms with E-state index in [2.05, 4.69) is 27.3 Å². The third kappa shape index (κ3) is 4.83. The number of hydrogen-bond donors (Lipinski definition) is 1. The average molecular weight is 409 g/mol. The van der Waals surface area contributed by atoms with Gasteiger partial charge in [-0.15, -0.1) is 0 Å². The Morgan fingerprint density at radius 1 is 1.13 bits per heavy atom. The first-order valence-electron chi connectivity index (χ1n) is 10.1. The van der Waals surface area contributed by atoms with Crippen molar-refractivity contribution >= 4 is 11.7 Å². The smallest absolute Gasteiger partial charge is 0.321 e. The Morgan fingerprint density at radius 2 is 1.90 bits per heavy atom.